The monoisotopic (exact) mass is 451 g/mol. The molecular formula is C21H30ClN5O2S. The summed E-state index contributed by atoms with van der Waals surface area (Å²) in [5, 5.41) is 8.21. The Bertz CT molecular complexity index is 1110. The molecule has 164 valence electrons. The van der Waals surface area contributed by atoms with Gasteiger partial charge in [0.05, 0.1) is 11.4 Å². The Morgan fingerprint density at radius 1 is 1.17 bits per heavy atom. The van der Waals surface area contributed by atoms with E-state index < -0.39 is 10.0 Å². The van der Waals surface area contributed by atoms with Crippen molar-refractivity contribution < 1.29 is 8.42 Å². The third kappa shape index (κ3) is 5.35. The van der Waals surface area contributed by atoms with Crippen LogP contribution in [0.1, 0.15) is 65.5 Å². The molecule has 0 saturated carbocycles. The van der Waals surface area contributed by atoms with Crippen molar-refractivity contribution in [1.29, 1.82) is 0 Å². The highest BCUT2D eigenvalue weighted by atomic mass is 35.5. The molecule has 0 radical (unpaired) electrons. The van der Waals surface area contributed by atoms with Crippen LogP contribution in [-0.4, -0.2) is 34.0 Å². The Morgan fingerprint density at radius 3 is 2.57 bits per heavy atom. The lowest BCUT2D eigenvalue weighted by molar-refractivity contribution is 0.557. The van der Waals surface area contributed by atoms with Crippen molar-refractivity contribution in [3.63, 3.8) is 0 Å². The number of nitrogens with one attached hydrogen (secondary N) is 2. The molecule has 2 aromatic heterocycles. The predicted octanol–water partition coefficient (Wildman–Crippen LogP) is 5.39. The fraction of sp³-hybridized carbons (Fsp3) is 0.524. The van der Waals surface area contributed by atoms with Crippen molar-refractivity contribution in [2.24, 2.45) is 0 Å². The zero-order valence-corrected chi connectivity index (χ0v) is 19.6. The lowest BCUT2D eigenvalue weighted by atomic mass is 9.92. The molecule has 9 heteroatoms. The number of sulfonamides is 1. The number of benzene rings is 1. The second kappa shape index (κ2) is 8.98. The number of hydrogen-bond acceptors (Lipinski definition) is 4. The zero-order valence-electron chi connectivity index (χ0n) is 18.0. The van der Waals surface area contributed by atoms with Gasteiger partial charge in [-0.05, 0) is 18.6 Å². The van der Waals surface area contributed by atoms with E-state index in [0.717, 1.165) is 31.4 Å². The first-order valence-electron chi connectivity index (χ1n) is 10.4. The average molecular weight is 452 g/mol. The van der Waals surface area contributed by atoms with E-state index in [2.05, 4.69) is 47.6 Å². The van der Waals surface area contributed by atoms with Gasteiger partial charge in [0.2, 0.25) is 10.0 Å². The zero-order chi connectivity index (χ0) is 21.9. The third-order valence-electron chi connectivity index (χ3n) is 4.90. The van der Waals surface area contributed by atoms with Crippen molar-refractivity contribution in [2.75, 3.05) is 10.5 Å². The molecule has 7 nitrogen and oxygen atoms in total. The van der Waals surface area contributed by atoms with Gasteiger partial charge in [0.25, 0.3) is 0 Å². The van der Waals surface area contributed by atoms with E-state index in [1.165, 1.54) is 0 Å². The number of anilines is 1. The van der Waals surface area contributed by atoms with Gasteiger partial charge >= 0.3 is 0 Å². The summed E-state index contributed by atoms with van der Waals surface area (Å²) < 4.78 is 29.0. The normalized spacial score (nSPS) is 12.6. The maximum Gasteiger partial charge on any atom is 0.232 e. The fourth-order valence-electron chi connectivity index (χ4n) is 3.27. The molecule has 30 heavy (non-hydrogen) atoms. The summed E-state index contributed by atoms with van der Waals surface area (Å²) in [4.78, 5) is 4.54. The number of aromatic nitrogens is 4. The Balaban J connectivity index is 1.75. The first kappa shape index (κ1) is 22.6. The molecule has 0 aliphatic rings. The van der Waals surface area contributed by atoms with Crippen molar-refractivity contribution in [2.45, 2.75) is 65.2 Å². The van der Waals surface area contributed by atoms with Gasteiger partial charge in [-0.25, -0.2) is 13.4 Å². The maximum atomic E-state index is 12.4. The fourth-order valence-corrected chi connectivity index (χ4v) is 4.89. The molecule has 0 bridgehead atoms. The van der Waals surface area contributed by atoms with E-state index in [1.807, 2.05) is 6.07 Å². The quantitative estimate of drug-likeness (QED) is 0.426. The highest BCUT2D eigenvalue weighted by Gasteiger charge is 2.24. The van der Waals surface area contributed by atoms with E-state index in [-0.39, 0.29) is 11.2 Å². The summed E-state index contributed by atoms with van der Waals surface area (Å²) in [6.45, 7) is 8.32. The Labute approximate surface area is 183 Å². The van der Waals surface area contributed by atoms with Crippen LogP contribution in [0.15, 0.2) is 24.3 Å². The minimum absolute atomic E-state index is 0.123. The Morgan fingerprint density at radius 2 is 1.90 bits per heavy atom. The van der Waals surface area contributed by atoms with Crippen molar-refractivity contribution in [3.05, 3.63) is 35.0 Å². The summed E-state index contributed by atoms with van der Waals surface area (Å²) in [7, 11) is -3.39. The number of fused-ring (bicyclic) bond motifs is 1. The van der Waals surface area contributed by atoms with Crippen molar-refractivity contribution in [1.82, 2.24) is 19.8 Å². The summed E-state index contributed by atoms with van der Waals surface area (Å²) in [6, 6.07) is 7.09. The van der Waals surface area contributed by atoms with Gasteiger partial charge in [-0.1, -0.05) is 77.1 Å². The molecule has 0 aliphatic carbocycles. The third-order valence-corrected chi connectivity index (χ3v) is 6.63. The molecule has 3 aromatic rings. The highest BCUT2D eigenvalue weighted by Crippen LogP contribution is 2.32. The molecule has 0 fully saturated rings. The molecule has 0 spiro atoms. The van der Waals surface area contributed by atoms with Gasteiger partial charge < -0.3 is 0 Å². The van der Waals surface area contributed by atoms with Gasteiger partial charge in [0.15, 0.2) is 11.5 Å². The van der Waals surface area contributed by atoms with Crippen LogP contribution in [0.2, 0.25) is 5.02 Å². The van der Waals surface area contributed by atoms with E-state index in [4.69, 9.17) is 11.6 Å². The number of H-pyrrole nitrogens is 1. The standard InChI is InChI=1S/C21H30ClN5O2S/c1-5-6-7-8-9-13-30(28,29)26-16-12-10-11-15(14-16)19-23-20-17(22)18(21(2,3)4)24-27(20)25-19/h10-12,14,24,26H,5-9,13H2,1-4H3. The van der Waals surface area contributed by atoms with E-state index in [0.29, 0.717) is 34.2 Å². The number of halogens is 1. The smallest absolute Gasteiger partial charge is 0.232 e. The number of aromatic amines is 1. The molecule has 2 heterocycles. The van der Waals surface area contributed by atoms with E-state index >= 15 is 0 Å². The van der Waals surface area contributed by atoms with Crippen LogP contribution in [0.4, 0.5) is 5.69 Å². The van der Waals surface area contributed by atoms with Crippen LogP contribution in [0.5, 0.6) is 0 Å². The highest BCUT2D eigenvalue weighted by molar-refractivity contribution is 7.92. The summed E-state index contributed by atoms with van der Waals surface area (Å²) in [6.07, 6.45) is 4.94. The Kier molecular flexibility index (Phi) is 6.77. The van der Waals surface area contributed by atoms with Gasteiger partial charge in [0.1, 0.15) is 5.02 Å². The minimum atomic E-state index is -3.39. The van der Waals surface area contributed by atoms with E-state index in [1.54, 1.807) is 22.8 Å². The van der Waals surface area contributed by atoms with Crippen LogP contribution in [0.25, 0.3) is 17.0 Å². The molecular weight excluding hydrogens is 422 g/mol. The van der Waals surface area contributed by atoms with Crippen LogP contribution in [0.3, 0.4) is 0 Å². The summed E-state index contributed by atoms with van der Waals surface area (Å²) in [5.41, 5.74) is 2.47. The number of rotatable bonds is 9. The van der Waals surface area contributed by atoms with Gasteiger partial charge in [0, 0.05) is 16.7 Å². The minimum Gasteiger partial charge on any atom is -0.284 e. The predicted molar refractivity (Wildman–Crippen MR) is 123 cm³/mol. The SMILES string of the molecule is CCCCCCCS(=O)(=O)Nc1cccc(-c2nc3c(Cl)c(C(C)(C)C)[nH]n3n2)c1. The average Bonchev–Trinajstić information content (AvgIpc) is 3.21. The molecule has 1 aromatic carbocycles. The topological polar surface area (TPSA) is 92.1 Å². The first-order chi connectivity index (χ1) is 14.1. The number of nitrogens with zero attached hydrogens (tertiary/aromatic N) is 3. The van der Waals surface area contributed by atoms with Crippen LogP contribution in [-0.2, 0) is 15.4 Å². The lowest BCUT2D eigenvalue weighted by Gasteiger charge is -2.16. The first-order valence-corrected chi connectivity index (χ1v) is 12.4. The summed E-state index contributed by atoms with van der Waals surface area (Å²) in [5.74, 6) is 0.599. The van der Waals surface area contributed by atoms with Gasteiger partial charge in [-0.15, -0.1) is 5.10 Å². The van der Waals surface area contributed by atoms with Gasteiger partial charge in [-0.3, -0.25) is 9.82 Å². The molecule has 0 amide bonds. The van der Waals surface area contributed by atoms with Crippen molar-refractivity contribution in [3.8, 4) is 11.4 Å². The lowest BCUT2D eigenvalue weighted by Crippen LogP contribution is -2.16. The van der Waals surface area contributed by atoms with E-state index in [9.17, 15) is 8.42 Å². The largest absolute Gasteiger partial charge is 0.284 e. The van der Waals surface area contributed by atoms with Crippen LogP contribution in [0, 0.1) is 0 Å². The number of unbranched alkanes of at least 4 members (excludes halogenated alkanes) is 4. The second-order valence-electron chi connectivity index (χ2n) is 8.64. The molecule has 0 aliphatic heterocycles. The Hall–Kier alpha value is -2.06. The molecule has 3 rings (SSSR count). The van der Waals surface area contributed by atoms with Gasteiger partial charge in [-0.2, -0.15) is 4.63 Å². The molecule has 0 saturated heterocycles. The molecule has 0 unspecified atom stereocenters. The van der Waals surface area contributed by atoms with Crippen LogP contribution >= 0.6 is 11.6 Å². The van der Waals surface area contributed by atoms with Crippen LogP contribution < -0.4 is 4.72 Å². The molecule has 2 N–H and O–H groups in total. The van der Waals surface area contributed by atoms with Crippen molar-refractivity contribution >= 4 is 33.0 Å². The second-order valence-corrected chi connectivity index (χ2v) is 10.9. The number of hydrogen-bond donors (Lipinski definition) is 2. The summed E-state index contributed by atoms with van der Waals surface area (Å²) >= 11 is 6.49. The molecule has 0 atom stereocenters. The maximum absolute atomic E-state index is 12.4.